The first-order valence-corrected chi connectivity index (χ1v) is 10.1. The fourth-order valence-electron chi connectivity index (χ4n) is 3.98. The molecule has 1 amide bonds. The van der Waals surface area contributed by atoms with Crippen LogP contribution in [0.2, 0.25) is 0 Å². The maximum atomic E-state index is 12.7. The van der Waals surface area contributed by atoms with Crippen molar-refractivity contribution in [2.24, 2.45) is 5.92 Å². The van der Waals surface area contributed by atoms with Gasteiger partial charge in [0.2, 0.25) is 0 Å². The van der Waals surface area contributed by atoms with Crippen LogP contribution in [0.25, 0.3) is 0 Å². The average molecular weight is 365 g/mol. The summed E-state index contributed by atoms with van der Waals surface area (Å²) in [4.78, 5) is 15.2. The molecule has 144 valence electrons. The molecule has 2 aromatic rings. The van der Waals surface area contributed by atoms with Crippen LogP contribution in [0.3, 0.4) is 0 Å². The number of hydrogen-bond acceptors (Lipinski definition) is 2. The summed E-state index contributed by atoms with van der Waals surface area (Å²) in [5.41, 5.74) is 2.95. The smallest absolute Gasteiger partial charge is 0.251 e. The van der Waals surface area contributed by atoms with Crippen LogP contribution < -0.4 is 5.32 Å². The number of carbonyl (C=O) groups excluding carboxylic acids is 1. The van der Waals surface area contributed by atoms with E-state index in [-0.39, 0.29) is 11.4 Å². The molecule has 3 heteroatoms. The number of nitrogens with zero attached hydrogens (tertiary/aromatic N) is 1. The Morgan fingerprint density at radius 2 is 1.78 bits per heavy atom. The zero-order valence-corrected chi connectivity index (χ0v) is 16.9. The van der Waals surface area contributed by atoms with E-state index in [9.17, 15) is 4.79 Å². The zero-order valence-electron chi connectivity index (χ0n) is 16.9. The Balaban J connectivity index is 1.56. The van der Waals surface area contributed by atoms with Gasteiger partial charge in [0.15, 0.2) is 0 Å². The van der Waals surface area contributed by atoms with E-state index in [2.05, 4.69) is 55.3 Å². The van der Waals surface area contributed by atoms with Gasteiger partial charge >= 0.3 is 0 Å². The van der Waals surface area contributed by atoms with Gasteiger partial charge in [-0.15, -0.1) is 0 Å². The molecular weight excluding hydrogens is 332 g/mol. The minimum Gasteiger partial charge on any atom is -0.347 e. The van der Waals surface area contributed by atoms with Gasteiger partial charge in [-0.05, 0) is 68.8 Å². The predicted octanol–water partition coefficient (Wildman–Crippen LogP) is 4.67. The lowest BCUT2D eigenvalue weighted by Crippen LogP contribution is -2.45. The Labute approximate surface area is 163 Å². The predicted molar refractivity (Wildman–Crippen MR) is 112 cm³/mol. The zero-order chi connectivity index (χ0) is 19.3. The lowest BCUT2D eigenvalue weighted by atomic mass is 9.94. The van der Waals surface area contributed by atoms with Gasteiger partial charge in [-0.1, -0.05) is 49.4 Å². The summed E-state index contributed by atoms with van der Waals surface area (Å²) in [6, 6.07) is 18.4. The van der Waals surface area contributed by atoms with E-state index in [1.54, 1.807) is 0 Å². The van der Waals surface area contributed by atoms with Crippen LogP contribution in [0.4, 0.5) is 0 Å². The van der Waals surface area contributed by atoms with Crippen LogP contribution in [0.5, 0.6) is 0 Å². The minimum atomic E-state index is -0.291. The molecule has 0 aromatic heterocycles. The highest BCUT2D eigenvalue weighted by Crippen LogP contribution is 2.18. The van der Waals surface area contributed by atoms with E-state index in [0.717, 1.165) is 24.4 Å². The standard InChI is InChI=1S/C24H32N2O/c1-19-8-7-15-26(17-19)18-21-11-13-22(14-12-21)23(27)25-24(2,3)16-20-9-5-4-6-10-20/h4-6,9-14,19H,7-8,15-18H2,1-3H3,(H,25,27)/t19-/m1/s1. The second-order valence-corrected chi connectivity index (χ2v) is 8.68. The second kappa shape index (κ2) is 8.71. The van der Waals surface area contributed by atoms with Crippen molar-refractivity contribution in [2.75, 3.05) is 13.1 Å². The number of hydrogen-bond donors (Lipinski definition) is 1. The van der Waals surface area contributed by atoms with E-state index >= 15 is 0 Å². The number of benzene rings is 2. The van der Waals surface area contributed by atoms with Gasteiger partial charge in [0.1, 0.15) is 0 Å². The lowest BCUT2D eigenvalue weighted by Gasteiger charge is -2.30. The van der Waals surface area contributed by atoms with Crippen LogP contribution in [0.1, 0.15) is 55.1 Å². The Kier molecular flexibility index (Phi) is 6.33. The third kappa shape index (κ3) is 5.93. The van der Waals surface area contributed by atoms with Crippen LogP contribution in [0.15, 0.2) is 54.6 Å². The molecule has 1 N–H and O–H groups in total. The Morgan fingerprint density at radius 3 is 2.44 bits per heavy atom. The average Bonchev–Trinajstić information content (AvgIpc) is 2.62. The first-order chi connectivity index (χ1) is 12.9. The van der Waals surface area contributed by atoms with Gasteiger partial charge in [-0.25, -0.2) is 0 Å². The number of carbonyl (C=O) groups is 1. The third-order valence-corrected chi connectivity index (χ3v) is 5.30. The molecule has 1 heterocycles. The van der Waals surface area contributed by atoms with Crippen molar-refractivity contribution in [1.29, 1.82) is 0 Å². The van der Waals surface area contributed by atoms with Crippen LogP contribution in [-0.2, 0) is 13.0 Å². The molecule has 0 unspecified atom stereocenters. The fraction of sp³-hybridized carbons (Fsp3) is 0.458. The molecule has 1 aliphatic heterocycles. The van der Waals surface area contributed by atoms with E-state index in [0.29, 0.717) is 0 Å². The van der Waals surface area contributed by atoms with Crippen molar-refractivity contribution in [2.45, 2.75) is 52.1 Å². The van der Waals surface area contributed by atoms with E-state index in [1.165, 1.54) is 37.1 Å². The van der Waals surface area contributed by atoms with Gasteiger partial charge in [0.25, 0.3) is 5.91 Å². The summed E-state index contributed by atoms with van der Waals surface area (Å²) in [7, 11) is 0. The summed E-state index contributed by atoms with van der Waals surface area (Å²) in [5, 5.41) is 3.18. The Bertz CT molecular complexity index is 737. The molecule has 0 saturated carbocycles. The Hall–Kier alpha value is -2.13. The molecule has 2 aromatic carbocycles. The molecular formula is C24H32N2O. The topological polar surface area (TPSA) is 32.3 Å². The van der Waals surface area contributed by atoms with Gasteiger partial charge in [0, 0.05) is 24.2 Å². The molecule has 1 fully saturated rings. The highest BCUT2D eigenvalue weighted by molar-refractivity contribution is 5.94. The fourth-order valence-corrected chi connectivity index (χ4v) is 3.98. The van der Waals surface area contributed by atoms with Crippen molar-refractivity contribution >= 4 is 5.91 Å². The van der Waals surface area contributed by atoms with Crippen molar-refractivity contribution in [3.8, 4) is 0 Å². The first kappa shape index (κ1) is 19.6. The van der Waals surface area contributed by atoms with Gasteiger partial charge in [-0.3, -0.25) is 9.69 Å². The molecule has 27 heavy (non-hydrogen) atoms. The molecule has 0 radical (unpaired) electrons. The molecule has 0 spiro atoms. The Morgan fingerprint density at radius 1 is 1.07 bits per heavy atom. The van der Waals surface area contributed by atoms with Crippen molar-refractivity contribution < 1.29 is 4.79 Å². The largest absolute Gasteiger partial charge is 0.347 e. The number of nitrogens with one attached hydrogen (secondary N) is 1. The van der Waals surface area contributed by atoms with Gasteiger partial charge in [-0.2, -0.15) is 0 Å². The number of rotatable bonds is 6. The quantitative estimate of drug-likeness (QED) is 0.808. The number of piperidine rings is 1. The van der Waals surface area contributed by atoms with E-state index in [4.69, 9.17) is 0 Å². The van der Waals surface area contributed by atoms with Crippen molar-refractivity contribution in [3.63, 3.8) is 0 Å². The van der Waals surface area contributed by atoms with Crippen LogP contribution in [0, 0.1) is 5.92 Å². The second-order valence-electron chi connectivity index (χ2n) is 8.68. The summed E-state index contributed by atoms with van der Waals surface area (Å²) in [6.45, 7) is 9.81. The van der Waals surface area contributed by atoms with Gasteiger partial charge < -0.3 is 5.32 Å². The van der Waals surface area contributed by atoms with Gasteiger partial charge in [0.05, 0.1) is 0 Å². The van der Waals surface area contributed by atoms with Crippen LogP contribution in [-0.4, -0.2) is 29.4 Å². The summed E-state index contributed by atoms with van der Waals surface area (Å²) < 4.78 is 0. The number of likely N-dealkylation sites (tertiary alicyclic amines) is 1. The SMILES string of the molecule is C[C@@H]1CCCN(Cc2ccc(C(=O)NC(C)(C)Cc3ccccc3)cc2)C1. The van der Waals surface area contributed by atoms with Crippen LogP contribution >= 0.6 is 0 Å². The molecule has 1 aliphatic rings. The molecule has 3 rings (SSSR count). The maximum Gasteiger partial charge on any atom is 0.251 e. The normalized spacial score (nSPS) is 18.3. The molecule has 0 aliphatic carbocycles. The van der Waals surface area contributed by atoms with Crippen molar-refractivity contribution in [3.05, 3.63) is 71.3 Å². The van der Waals surface area contributed by atoms with E-state index in [1.807, 2.05) is 30.3 Å². The first-order valence-electron chi connectivity index (χ1n) is 10.1. The summed E-state index contributed by atoms with van der Waals surface area (Å²) >= 11 is 0. The van der Waals surface area contributed by atoms with E-state index < -0.39 is 0 Å². The highest BCUT2D eigenvalue weighted by atomic mass is 16.1. The molecule has 3 nitrogen and oxygen atoms in total. The maximum absolute atomic E-state index is 12.7. The molecule has 1 atom stereocenters. The summed E-state index contributed by atoms with van der Waals surface area (Å²) in [6.07, 6.45) is 3.44. The minimum absolute atomic E-state index is 0.00549. The summed E-state index contributed by atoms with van der Waals surface area (Å²) in [5.74, 6) is 0.782. The molecule has 1 saturated heterocycles. The lowest BCUT2D eigenvalue weighted by molar-refractivity contribution is 0.0913. The van der Waals surface area contributed by atoms with Crippen molar-refractivity contribution in [1.82, 2.24) is 10.2 Å². The monoisotopic (exact) mass is 364 g/mol. The number of amides is 1. The molecule has 0 bridgehead atoms. The highest BCUT2D eigenvalue weighted by Gasteiger charge is 2.22. The third-order valence-electron chi connectivity index (χ3n) is 5.30.